The van der Waals surface area contributed by atoms with E-state index in [4.69, 9.17) is 22.9 Å². The highest BCUT2D eigenvalue weighted by Gasteiger charge is 2.33. The van der Waals surface area contributed by atoms with Gasteiger partial charge in [0.15, 0.2) is 0 Å². The summed E-state index contributed by atoms with van der Waals surface area (Å²) in [5.41, 5.74) is 23.2. The average Bonchev–Trinajstić information content (AvgIpc) is 3.82. The van der Waals surface area contributed by atoms with Crippen LogP contribution in [0.3, 0.4) is 0 Å². The number of nitrogens with two attached hydrogens (primary N) is 4. The highest BCUT2D eigenvalue weighted by atomic mass is 16.4. The molecular weight excluding hydrogens is 833 g/mol. The van der Waals surface area contributed by atoms with Gasteiger partial charge < -0.3 is 75.7 Å². The number of nitrogens with one attached hydrogen (secondary N) is 8. The zero-order chi connectivity index (χ0) is 47.3. The summed E-state index contributed by atoms with van der Waals surface area (Å²) in [4.78, 5) is 105. The van der Waals surface area contributed by atoms with Crippen molar-refractivity contribution in [1.82, 2.24) is 42.5 Å². The largest absolute Gasteiger partial charge is 0.508 e. The third kappa shape index (κ3) is 21.8. The van der Waals surface area contributed by atoms with E-state index in [0.29, 0.717) is 96.1 Å². The minimum Gasteiger partial charge on any atom is -0.508 e. The molecule has 22 heteroatoms. The van der Waals surface area contributed by atoms with Crippen LogP contribution in [0.2, 0.25) is 0 Å². The monoisotopic (exact) mass is 905 g/mol. The number of hydrogen-bond donors (Lipinski definition) is 14. The number of carbonyl (C=O) groups excluding carboxylic acids is 7. The Bertz CT molecular complexity index is 1630. The Labute approximate surface area is 374 Å². The summed E-state index contributed by atoms with van der Waals surface area (Å²) < 4.78 is 0. The van der Waals surface area contributed by atoms with E-state index in [1.165, 1.54) is 12.1 Å². The van der Waals surface area contributed by atoms with Gasteiger partial charge in [0.25, 0.3) is 0 Å². The molecule has 1 aromatic carbocycles. The van der Waals surface area contributed by atoms with Crippen molar-refractivity contribution < 1.29 is 48.6 Å². The fourth-order valence-electron chi connectivity index (χ4n) is 6.89. The van der Waals surface area contributed by atoms with Gasteiger partial charge in [-0.2, -0.15) is 0 Å². The molecule has 0 aliphatic carbocycles. The molecule has 1 fully saturated rings. The Hall–Kier alpha value is -5.42. The number of unbranched alkanes of at least 4 members (excludes halogenated alkanes) is 4. The van der Waals surface area contributed by atoms with Gasteiger partial charge >= 0.3 is 5.97 Å². The van der Waals surface area contributed by atoms with E-state index in [1.807, 2.05) is 0 Å². The highest BCUT2D eigenvalue weighted by molar-refractivity contribution is 5.96. The predicted octanol–water partition coefficient (Wildman–Crippen LogP) is -3.06. The summed E-state index contributed by atoms with van der Waals surface area (Å²) in [6.45, 7) is 1.13. The predicted molar refractivity (Wildman–Crippen MR) is 238 cm³/mol. The first kappa shape index (κ1) is 54.7. The SMILES string of the molecule is NCCCC[C@H](NC(=O)[C@H](Cc1ccc(O)cc1)NC(=O)[C@H](CCCCN)NC(=O)[C@H](CCCCN)NC(=O)[C@H](CCCCN)NC(=O)CNC(=O)CNC(=O)[C@@H]1CCCN1)C(=O)O. The second-order valence-corrected chi connectivity index (χ2v) is 15.9. The average molecular weight is 905 g/mol. The number of amides is 7. The van der Waals surface area contributed by atoms with Crippen molar-refractivity contribution in [2.45, 2.75) is 133 Å². The van der Waals surface area contributed by atoms with Crippen LogP contribution in [0.4, 0.5) is 0 Å². The van der Waals surface area contributed by atoms with Crippen molar-refractivity contribution in [3.63, 3.8) is 0 Å². The van der Waals surface area contributed by atoms with Gasteiger partial charge in [0.1, 0.15) is 36.0 Å². The van der Waals surface area contributed by atoms with Gasteiger partial charge in [0.05, 0.1) is 19.1 Å². The molecule has 0 radical (unpaired) electrons. The molecule has 1 heterocycles. The summed E-state index contributed by atoms with van der Waals surface area (Å²) in [5.74, 6) is -5.88. The lowest BCUT2D eigenvalue weighted by Crippen LogP contribution is -2.59. The molecule has 360 valence electrons. The number of aliphatic carboxylic acids is 1. The lowest BCUT2D eigenvalue weighted by molar-refractivity contribution is -0.142. The van der Waals surface area contributed by atoms with Gasteiger partial charge in [-0.1, -0.05) is 12.1 Å². The van der Waals surface area contributed by atoms with E-state index in [1.54, 1.807) is 12.1 Å². The second-order valence-electron chi connectivity index (χ2n) is 15.9. The van der Waals surface area contributed by atoms with Crippen LogP contribution in [0.15, 0.2) is 24.3 Å². The summed E-state index contributed by atoms with van der Waals surface area (Å²) in [5, 5.41) is 40.9. The normalized spacial score (nSPS) is 15.7. The standard InChI is InChI=1S/C42H72N12O10/c43-19-5-1-10-30(50-36(57)26-48-35(56)25-49-37(58)29-14-9-23-47-29)38(59)51-31(11-2-6-20-44)39(60)52-32(12-3-7-21-45)40(61)54-34(24-27-15-17-28(55)18-16-27)41(62)53-33(42(63)64)13-4-8-22-46/h15-18,29-34,47,55H,1-14,19-26,43-46H2,(H,48,56)(H,49,58)(H,50,57)(H,51,59)(H,52,60)(H,53,62)(H,54,61)(H,63,64)/t29-,30-,31-,32-,33-,34-/m0/s1. The fourth-order valence-corrected chi connectivity index (χ4v) is 6.89. The van der Waals surface area contributed by atoms with Crippen molar-refractivity contribution in [1.29, 1.82) is 0 Å². The van der Waals surface area contributed by atoms with Gasteiger partial charge in [-0.25, -0.2) is 4.79 Å². The zero-order valence-corrected chi connectivity index (χ0v) is 36.8. The van der Waals surface area contributed by atoms with Crippen LogP contribution in [0.1, 0.15) is 95.5 Å². The van der Waals surface area contributed by atoms with E-state index in [-0.39, 0.29) is 56.3 Å². The molecule has 0 spiro atoms. The summed E-state index contributed by atoms with van der Waals surface area (Å²) >= 11 is 0. The fraction of sp³-hybridized carbons (Fsp3) is 0.667. The Morgan fingerprint density at radius 1 is 0.562 bits per heavy atom. The van der Waals surface area contributed by atoms with E-state index in [2.05, 4.69) is 42.5 Å². The van der Waals surface area contributed by atoms with Gasteiger partial charge in [-0.05, 0) is 140 Å². The number of aromatic hydroxyl groups is 1. The molecular formula is C42H72N12O10. The molecule has 2 rings (SSSR count). The molecule has 0 unspecified atom stereocenters. The Morgan fingerprint density at radius 3 is 1.44 bits per heavy atom. The smallest absolute Gasteiger partial charge is 0.326 e. The van der Waals surface area contributed by atoms with E-state index in [0.717, 1.165) is 6.42 Å². The van der Waals surface area contributed by atoms with E-state index in [9.17, 15) is 48.6 Å². The van der Waals surface area contributed by atoms with Crippen molar-refractivity contribution in [2.75, 3.05) is 45.8 Å². The lowest BCUT2D eigenvalue weighted by atomic mass is 10.0. The van der Waals surface area contributed by atoms with Crippen LogP contribution in [-0.4, -0.2) is 140 Å². The third-order valence-electron chi connectivity index (χ3n) is 10.6. The first-order valence-electron chi connectivity index (χ1n) is 22.3. The second kappa shape index (κ2) is 31.4. The summed E-state index contributed by atoms with van der Waals surface area (Å²) in [7, 11) is 0. The number of carboxylic acid groups (broad SMARTS) is 1. The molecule has 1 aromatic rings. The molecule has 0 bridgehead atoms. The van der Waals surface area contributed by atoms with Crippen LogP contribution in [-0.2, 0) is 44.8 Å². The van der Waals surface area contributed by atoms with Gasteiger partial charge in [-0.15, -0.1) is 0 Å². The van der Waals surface area contributed by atoms with Crippen LogP contribution in [0.5, 0.6) is 5.75 Å². The molecule has 22 nitrogen and oxygen atoms in total. The molecule has 0 saturated carbocycles. The van der Waals surface area contributed by atoms with E-state index < -0.39 is 78.2 Å². The maximum absolute atomic E-state index is 14.1. The lowest BCUT2D eigenvalue weighted by Gasteiger charge is -2.27. The van der Waals surface area contributed by atoms with Gasteiger partial charge in [0, 0.05) is 6.42 Å². The first-order chi connectivity index (χ1) is 30.7. The Morgan fingerprint density at radius 2 is 0.984 bits per heavy atom. The molecule has 1 aliphatic heterocycles. The quantitative estimate of drug-likeness (QED) is 0.0312. The molecule has 7 amide bonds. The van der Waals surface area contributed by atoms with Crippen molar-refractivity contribution in [3.05, 3.63) is 29.8 Å². The molecule has 1 saturated heterocycles. The maximum Gasteiger partial charge on any atom is 0.326 e. The zero-order valence-electron chi connectivity index (χ0n) is 36.8. The molecule has 6 atom stereocenters. The highest BCUT2D eigenvalue weighted by Crippen LogP contribution is 2.14. The van der Waals surface area contributed by atoms with Crippen molar-refractivity contribution in [2.24, 2.45) is 22.9 Å². The van der Waals surface area contributed by atoms with Crippen molar-refractivity contribution in [3.8, 4) is 5.75 Å². The van der Waals surface area contributed by atoms with Crippen LogP contribution in [0, 0.1) is 0 Å². The molecule has 1 aliphatic rings. The molecule has 18 N–H and O–H groups in total. The molecule has 64 heavy (non-hydrogen) atoms. The maximum atomic E-state index is 14.1. The topological polar surface area (TPSA) is 377 Å². The Kier molecular flexibility index (Phi) is 26.9. The molecule has 0 aromatic heterocycles. The minimum atomic E-state index is -1.31. The number of phenols is 1. The van der Waals surface area contributed by atoms with E-state index >= 15 is 0 Å². The van der Waals surface area contributed by atoms with Crippen molar-refractivity contribution >= 4 is 47.3 Å². The van der Waals surface area contributed by atoms with Gasteiger partial charge in [0.2, 0.25) is 41.4 Å². The number of phenolic OH excluding ortho intramolecular Hbond substituents is 1. The summed E-state index contributed by atoms with van der Waals surface area (Å²) in [6, 6.07) is -0.621. The van der Waals surface area contributed by atoms with Crippen LogP contribution in [0.25, 0.3) is 0 Å². The van der Waals surface area contributed by atoms with Crippen LogP contribution < -0.4 is 65.5 Å². The third-order valence-corrected chi connectivity index (χ3v) is 10.6. The first-order valence-corrected chi connectivity index (χ1v) is 22.3. The minimum absolute atomic E-state index is 0.0287. The number of carboxylic acids is 1. The number of hydrogen-bond acceptors (Lipinski definition) is 14. The van der Waals surface area contributed by atoms with Gasteiger partial charge in [-0.3, -0.25) is 33.6 Å². The van der Waals surface area contributed by atoms with Crippen LogP contribution >= 0.6 is 0 Å². The number of carbonyl (C=O) groups is 8. The number of benzene rings is 1. The summed E-state index contributed by atoms with van der Waals surface area (Å²) in [6.07, 6.45) is 5.60. The Balaban J connectivity index is 2.26. The number of rotatable bonds is 33.